The Hall–Kier alpha value is -1.84. The monoisotopic (exact) mass is 299 g/mol. The highest BCUT2D eigenvalue weighted by molar-refractivity contribution is 5.77. The molecule has 1 aliphatic heterocycles. The quantitative estimate of drug-likeness (QED) is 0.935. The third-order valence-electron chi connectivity index (χ3n) is 4.50. The minimum atomic E-state index is 0.300. The summed E-state index contributed by atoms with van der Waals surface area (Å²) in [4.78, 5) is 22.5. The molecule has 1 amide bonds. The minimum Gasteiger partial charge on any atom is -0.342 e. The van der Waals surface area contributed by atoms with Crippen LogP contribution in [0.2, 0.25) is 0 Å². The summed E-state index contributed by atoms with van der Waals surface area (Å²) in [6.07, 6.45) is 3.82. The molecule has 0 radical (unpaired) electrons. The predicted octanol–water partition coefficient (Wildman–Crippen LogP) is 3.71. The normalized spacial score (nSPS) is 19.0. The van der Waals surface area contributed by atoms with Crippen molar-refractivity contribution >= 4 is 16.9 Å². The summed E-state index contributed by atoms with van der Waals surface area (Å²) in [6.45, 7) is 6.03. The molecule has 1 saturated heterocycles. The summed E-state index contributed by atoms with van der Waals surface area (Å²) in [5.41, 5.74) is 2.10. The van der Waals surface area contributed by atoms with E-state index in [1.165, 1.54) is 0 Å². The van der Waals surface area contributed by atoms with Gasteiger partial charge in [0.15, 0.2) is 0 Å². The smallest absolute Gasteiger partial charge is 0.222 e. The number of carbonyl (C=O) groups is 1. The number of imidazole rings is 1. The molecule has 2 heterocycles. The summed E-state index contributed by atoms with van der Waals surface area (Å²) in [5.74, 6) is 2.25. The average molecular weight is 299 g/mol. The number of hydrogen-bond donors (Lipinski definition) is 1. The highest BCUT2D eigenvalue weighted by Crippen LogP contribution is 2.27. The van der Waals surface area contributed by atoms with E-state index in [1.807, 2.05) is 23.1 Å². The summed E-state index contributed by atoms with van der Waals surface area (Å²) in [6, 6.07) is 8.12. The Morgan fingerprint density at radius 2 is 2.23 bits per heavy atom. The van der Waals surface area contributed by atoms with Gasteiger partial charge < -0.3 is 9.88 Å². The van der Waals surface area contributed by atoms with Crippen LogP contribution < -0.4 is 0 Å². The second-order valence-electron chi connectivity index (χ2n) is 6.75. The predicted molar refractivity (Wildman–Crippen MR) is 88.7 cm³/mol. The molecule has 1 aliphatic rings. The average Bonchev–Trinajstić information content (AvgIpc) is 2.96. The molecule has 1 aromatic carbocycles. The molecule has 3 rings (SSSR count). The fourth-order valence-electron chi connectivity index (χ4n) is 3.16. The number of carbonyl (C=O) groups excluding carboxylic acids is 1. The van der Waals surface area contributed by atoms with E-state index in [0.29, 0.717) is 24.2 Å². The van der Waals surface area contributed by atoms with Gasteiger partial charge in [0.2, 0.25) is 5.91 Å². The number of rotatable bonds is 4. The second-order valence-corrected chi connectivity index (χ2v) is 6.75. The van der Waals surface area contributed by atoms with Crippen molar-refractivity contribution in [1.29, 1.82) is 0 Å². The van der Waals surface area contributed by atoms with Gasteiger partial charge in [-0.2, -0.15) is 0 Å². The zero-order chi connectivity index (χ0) is 15.5. The van der Waals surface area contributed by atoms with Gasteiger partial charge in [-0.05, 0) is 37.3 Å². The van der Waals surface area contributed by atoms with Crippen LogP contribution in [0.25, 0.3) is 11.0 Å². The fourth-order valence-corrected chi connectivity index (χ4v) is 3.16. The second kappa shape index (κ2) is 6.51. The molecule has 1 fully saturated rings. The molecule has 0 spiro atoms. The maximum atomic E-state index is 12.3. The molecule has 0 bridgehead atoms. The zero-order valence-electron chi connectivity index (χ0n) is 13.5. The molecule has 1 atom stereocenters. The van der Waals surface area contributed by atoms with Gasteiger partial charge in [-0.3, -0.25) is 4.79 Å². The molecule has 4 nitrogen and oxygen atoms in total. The van der Waals surface area contributed by atoms with Crippen molar-refractivity contribution in [1.82, 2.24) is 14.9 Å². The van der Waals surface area contributed by atoms with Crippen molar-refractivity contribution < 1.29 is 4.79 Å². The molecular formula is C18H25N3O. The third kappa shape index (κ3) is 3.32. The molecule has 22 heavy (non-hydrogen) atoms. The maximum absolute atomic E-state index is 12.3. The molecular weight excluding hydrogens is 274 g/mol. The van der Waals surface area contributed by atoms with Crippen LogP contribution in [0.3, 0.4) is 0 Å². The van der Waals surface area contributed by atoms with E-state index in [9.17, 15) is 4.79 Å². The first-order valence-electron chi connectivity index (χ1n) is 8.36. The molecule has 1 aromatic heterocycles. The van der Waals surface area contributed by atoms with E-state index in [0.717, 1.165) is 49.2 Å². The summed E-state index contributed by atoms with van der Waals surface area (Å²) < 4.78 is 0. The van der Waals surface area contributed by atoms with Crippen molar-refractivity contribution in [2.24, 2.45) is 5.92 Å². The van der Waals surface area contributed by atoms with E-state index in [1.54, 1.807) is 0 Å². The first kappa shape index (κ1) is 15.1. The number of nitrogens with zero attached hydrogens (tertiary/aromatic N) is 2. The maximum Gasteiger partial charge on any atom is 0.222 e. The van der Waals surface area contributed by atoms with Gasteiger partial charge in [-0.25, -0.2) is 4.98 Å². The Kier molecular flexibility index (Phi) is 4.46. The molecule has 0 aliphatic carbocycles. The van der Waals surface area contributed by atoms with Crippen LogP contribution >= 0.6 is 0 Å². The number of fused-ring (bicyclic) bond motifs is 1. The van der Waals surface area contributed by atoms with Gasteiger partial charge in [-0.1, -0.05) is 26.0 Å². The molecule has 0 saturated carbocycles. The lowest BCUT2D eigenvalue weighted by atomic mass is 9.96. The van der Waals surface area contributed by atoms with Crippen molar-refractivity contribution in [2.75, 3.05) is 13.1 Å². The van der Waals surface area contributed by atoms with Crippen LogP contribution in [0.1, 0.15) is 51.3 Å². The number of amides is 1. The zero-order valence-corrected chi connectivity index (χ0v) is 13.5. The number of benzene rings is 1. The van der Waals surface area contributed by atoms with E-state index < -0.39 is 0 Å². The summed E-state index contributed by atoms with van der Waals surface area (Å²) >= 11 is 0. The van der Waals surface area contributed by atoms with Crippen LogP contribution in [0.5, 0.6) is 0 Å². The number of nitrogens with one attached hydrogen (secondary N) is 1. The van der Waals surface area contributed by atoms with Crippen molar-refractivity contribution in [3.8, 4) is 0 Å². The number of aromatic amines is 1. The number of aromatic nitrogens is 2. The molecule has 4 heteroatoms. The van der Waals surface area contributed by atoms with Crippen LogP contribution in [0.15, 0.2) is 24.3 Å². The number of piperidine rings is 1. The summed E-state index contributed by atoms with van der Waals surface area (Å²) in [5, 5.41) is 0. The van der Waals surface area contributed by atoms with Gasteiger partial charge in [0.25, 0.3) is 0 Å². The summed E-state index contributed by atoms with van der Waals surface area (Å²) in [7, 11) is 0. The van der Waals surface area contributed by atoms with E-state index in [4.69, 9.17) is 4.98 Å². The standard InChI is InChI=1S/C18H25N3O/c1-13(2)9-10-17(22)21-11-5-6-14(12-21)18-19-15-7-3-4-8-16(15)20-18/h3-4,7-8,13-14H,5-6,9-12H2,1-2H3,(H,19,20)/t14-/m0/s1. The van der Waals surface area contributed by atoms with Gasteiger partial charge in [0.1, 0.15) is 5.82 Å². The van der Waals surface area contributed by atoms with Gasteiger partial charge >= 0.3 is 0 Å². The van der Waals surface area contributed by atoms with E-state index >= 15 is 0 Å². The Bertz CT molecular complexity index is 614. The topological polar surface area (TPSA) is 49.0 Å². The number of hydrogen-bond acceptors (Lipinski definition) is 2. The number of likely N-dealkylation sites (tertiary alicyclic amines) is 1. The third-order valence-corrected chi connectivity index (χ3v) is 4.50. The van der Waals surface area contributed by atoms with Gasteiger partial charge in [0, 0.05) is 25.4 Å². The van der Waals surface area contributed by atoms with Crippen LogP contribution in [-0.2, 0) is 4.79 Å². The highest BCUT2D eigenvalue weighted by atomic mass is 16.2. The largest absolute Gasteiger partial charge is 0.342 e. The van der Waals surface area contributed by atoms with Gasteiger partial charge in [0.05, 0.1) is 11.0 Å². The lowest BCUT2D eigenvalue weighted by Crippen LogP contribution is -2.39. The lowest BCUT2D eigenvalue weighted by molar-refractivity contribution is -0.132. The first-order valence-corrected chi connectivity index (χ1v) is 8.36. The van der Waals surface area contributed by atoms with Crippen LogP contribution in [0.4, 0.5) is 0 Å². The van der Waals surface area contributed by atoms with Crippen LogP contribution in [0, 0.1) is 5.92 Å². The fraction of sp³-hybridized carbons (Fsp3) is 0.556. The highest BCUT2D eigenvalue weighted by Gasteiger charge is 2.26. The Morgan fingerprint density at radius 3 is 3.00 bits per heavy atom. The van der Waals surface area contributed by atoms with Crippen molar-refractivity contribution in [3.05, 3.63) is 30.1 Å². The Labute approximate surface area is 131 Å². The SMILES string of the molecule is CC(C)CCC(=O)N1CCC[C@H](c2nc3ccccc3[nH]2)C1. The number of para-hydroxylation sites is 2. The first-order chi connectivity index (χ1) is 10.6. The van der Waals surface area contributed by atoms with Gasteiger partial charge in [-0.15, -0.1) is 0 Å². The lowest BCUT2D eigenvalue weighted by Gasteiger charge is -2.32. The van der Waals surface area contributed by atoms with Crippen molar-refractivity contribution in [2.45, 2.75) is 45.4 Å². The molecule has 118 valence electrons. The van der Waals surface area contributed by atoms with E-state index in [-0.39, 0.29) is 0 Å². The molecule has 2 aromatic rings. The molecule has 1 N–H and O–H groups in total. The molecule has 0 unspecified atom stereocenters. The van der Waals surface area contributed by atoms with Crippen LogP contribution in [-0.4, -0.2) is 33.9 Å². The number of H-pyrrole nitrogens is 1. The minimum absolute atomic E-state index is 0.300. The Morgan fingerprint density at radius 1 is 1.41 bits per heavy atom. The van der Waals surface area contributed by atoms with E-state index in [2.05, 4.69) is 24.9 Å². The van der Waals surface area contributed by atoms with Crippen molar-refractivity contribution in [3.63, 3.8) is 0 Å². The Balaban J connectivity index is 1.68.